The van der Waals surface area contributed by atoms with Crippen LogP contribution in [0.15, 0.2) is 18.9 Å². The molecule has 0 atom stereocenters. The number of hydrogen-bond donors (Lipinski definition) is 0. The second kappa shape index (κ2) is 7.04. The summed E-state index contributed by atoms with van der Waals surface area (Å²) in [5.74, 6) is 0. The van der Waals surface area contributed by atoms with Crippen molar-refractivity contribution in [3.05, 3.63) is 30.1 Å². The van der Waals surface area contributed by atoms with Crippen molar-refractivity contribution in [2.24, 2.45) is 0 Å². The molecule has 0 saturated carbocycles. The van der Waals surface area contributed by atoms with Gasteiger partial charge in [-0.05, 0) is 26.8 Å². The lowest BCUT2D eigenvalue weighted by molar-refractivity contribution is 0.531. The molecule has 0 aliphatic rings. The van der Waals surface area contributed by atoms with Crippen molar-refractivity contribution < 1.29 is 0 Å². The monoisotopic (exact) mass is 206 g/mol. The van der Waals surface area contributed by atoms with Crippen LogP contribution in [0.4, 0.5) is 0 Å². The third-order valence-electron chi connectivity index (χ3n) is 1.86. The first-order valence-corrected chi connectivity index (χ1v) is 5.53. The fraction of sp³-hybridized carbons (Fsp3) is 0.462. The Bertz CT molecular complexity index is 319. The molecule has 1 aromatic rings. The summed E-state index contributed by atoms with van der Waals surface area (Å²) in [6.45, 7) is 14.0. The van der Waals surface area contributed by atoms with Crippen molar-refractivity contribution in [3.8, 4) is 0 Å². The van der Waals surface area contributed by atoms with Crippen molar-refractivity contribution in [1.29, 1.82) is 0 Å². The molecule has 15 heavy (non-hydrogen) atoms. The lowest BCUT2D eigenvalue weighted by Crippen LogP contribution is -2.00. The molecule has 0 aliphatic carbocycles. The molecular weight excluding hydrogens is 184 g/mol. The summed E-state index contributed by atoms with van der Waals surface area (Å²) in [5.41, 5.74) is 2.08. The topological polar surface area (TPSA) is 17.8 Å². The lowest BCUT2D eigenvalue weighted by Gasteiger charge is -2.02. The van der Waals surface area contributed by atoms with E-state index in [0.29, 0.717) is 6.04 Å². The molecule has 0 aliphatic heterocycles. The summed E-state index contributed by atoms with van der Waals surface area (Å²) in [6, 6.07) is 0.401. The zero-order valence-corrected chi connectivity index (χ0v) is 10.5. The second-order valence-electron chi connectivity index (χ2n) is 3.25. The predicted molar refractivity (Wildman–Crippen MR) is 68.8 cm³/mol. The molecule has 0 radical (unpaired) electrons. The van der Waals surface area contributed by atoms with E-state index in [2.05, 4.69) is 25.5 Å². The third kappa shape index (κ3) is 3.74. The molecule has 84 valence electrons. The van der Waals surface area contributed by atoms with E-state index in [9.17, 15) is 0 Å². The van der Waals surface area contributed by atoms with Crippen LogP contribution in [-0.4, -0.2) is 9.78 Å². The van der Waals surface area contributed by atoms with Crippen molar-refractivity contribution in [2.45, 2.75) is 40.7 Å². The van der Waals surface area contributed by atoms with Gasteiger partial charge in [0.1, 0.15) is 0 Å². The standard InChI is InChI=1S/C11H16N2.C2H6/c1-5-7-11-10(6-2)8-13(12-11)9(3)4;1-2/h5-9H,2H2,1,3-4H3;1-2H3/b7-5-;. The van der Waals surface area contributed by atoms with E-state index in [0.717, 1.165) is 11.3 Å². The molecule has 0 bridgehead atoms. The summed E-state index contributed by atoms with van der Waals surface area (Å²) < 4.78 is 1.95. The molecule has 2 heteroatoms. The number of hydrogen-bond acceptors (Lipinski definition) is 1. The van der Waals surface area contributed by atoms with Gasteiger partial charge in [-0.1, -0.05) is 32.6 Å². The number of aromatic nitrogens is 2. The maximum absolute atomic E-state index is 4.43. The molecule has 0 N–H and O–H groups in total. The van der Waals surface area contributed by atoms with Crippen molar-refractivity contribution >= 4 is 12.2 Å². The van der Waals surface area contributed by atoms with Crippen LogP contribution in [0.1, 0.15) is 51.9 Å². The molecule has 0 aromatic carbocycles. The molecule has 2 nitrogen and oxygen atoms in total. The van der Waals surface area contributed by atoms with Gasteiger partial charge in [0.15, 0.2) is 0 Å². The minimum absolute atomic E-state index is 0.401. The van der Waals surface area contributed by atoms with Crippen LogP contribution in [0.25, 0.3) is 12.2 Å². The Hall–Kier alpha value is -1.31. The minimum Gasteiger partial charge on any atom is -0.269 e. The Morgan fingerprint density at radius 3 is 2.40 bits per heavy atom. The fourth-order valence-electron chi connectivity index (χ4n) is 1.13. The van der Waals surface area contributed by atoms with Crippen molar-refractivity contribution in [3.63, 3.8) is 0 Å². The minimum atomic E-state index is 0.401. The van der Waals surface area contributed by atoms with E-state index in [1.165, 1.54) is 0 Å². The van der Waals surface area contributed by atoms with Gasteiger partial charge >= 0.3 is 0 Å². The first kappa shape index (κ1) is 13.7. The summed E-state index contributed by atoms with van der Waals surface area (Å²) in [5, 5.41) is 4.43. The predicted octanol–water partition coefficient (Wildman–Crippen LogP) is 4.17. The van der Waals surface area contributed by atoms with E-state index >= 15 is 0 Å². The Morgan fingerprint density at radius 1 is 1.40 bits per heavy atom. The largest absolute Gasteiger partial charge is 0.269 e. The highest BCUT2D eigenvalue weighted by Crippen LogP contribution is 2.13. The van der Waals surface area contributed by atoms with E-state index in [4.69, 9.17) is 0 Å². The quantitative estimate of drug-likeness (QED) is 0.726. The van der Waals surface area contributed by atoms with Crippen LogP contribution in [0, 0.1) is 0 Å². The number of allylic oxidation sites excluding steroid dienone is 1. The first-order valence-electron chi connectivity index (χ1n) is 5.53. The van der Waals surface area contributed by atoms with Gasteiger partial charge in [-0.25, -0.2) is 0 Å². The van der Waals surface area contributed by atoms with Crippen LogP contribution in [-0.2, 0) is 0 Å². The second-order valence-corrected chi connectivity index (χ2v) is 3.25. The smallest absolute Gasteiger partial charge is 0.0919 e. The van der Waals surface area contributed by atoms with Crippen molar-refractivity contribution in [1.82, 2.24) is 9.78 Å². The average Bonchev–Trinajstić information content (AvgIpc) is 2.65. The highest BCUT2D eigenvalue weighted by atomic mass is 15.3. The Morgan fingerprint density at radius 2 is 2.00 bits per heavy atom. The third-order valence-corrected chi connectivity index (χ3v) is 1.86. The van der Waals surface area contributed by atoms with Gasteiger partial charge in [0, 0.05) is 17.8 Å². The molecular formula is C13H22N2. The molecule has 0 saturated heterocycles. The molecule has 1 heterocycles. The number of rotatable bonds is 3. The van der Waals surface area contributed by atoms with Crippen LogP contribution in [0.3, 0.4) is 0 Å². The van der Waals surface area contributed by atoms with Gasteiger partial charge < -0.3 is 0 Å². The summed E-state index contributed by atoms with van der Waals surface area (Å²) in [4.78, 5) is 0. The summed E-state index contributed by atoms with van der Waals surface area (Å²) in [7, 11) is 0. The molecule has 0 fully saturated rings. The number of nitrogens with zero attached hydrogens (tertiary/aromatic N) is 2. The lowest BCUT2D eigenvalue weighted by atomic mass is 10.2. The summed E-state index contributed by atoms with van der Waals surface area (Å²) in [6.07, 6.45) is 7.84. The maximum Gasteiger partial charge on any atom is 0.0919 e. The molecule has 0 spiro atoms. The molecule has 0 unspecified atom stereocenters. The Kier molecular flexibility index (Phi) is 6.43. The molecule has 1 aromatic heterocycles. The van der Waals surface area contributed by atoms with E-state index < -0.39 is 0 Å². The van der Waals surface area contributed by atoms with Crippen LogP contribution >= 0.6 is 0 Å². The van der Waals surface area contributed by atoms with Gasteiger partial charge in [-0.2, -0.15) is 5.10 Å². The summed E-state index contributed by atoms with van der Waals surface area (Å²) >= 11 is 0. The Labute approximate surface area is 93.3 Å². The maximum atomic E-state index is 4.43. The van der Waals surface area contributed by atoms with E-state index in [1.807, 2.05) is 49.9 Å². The van der Waals surface area contributed by atoms with Crippen LogP contribution in [0.5, 0.6) is 0 Å². The molecule has 0 amide bonds. The Balaban J connectivity index is 0.000000921. The normalized spacial score (nSPS) is 10.3. The van der Waals surface area contributed by atoms with Gasteiger partial charge in [-0.15, -0.1) is 0 Å². The van der Waals surface area contributed by atoms with E-state index in [-0.39, 0.29) is 0 Å². The fourth-order valence-corrected chi connectivity index (χ4v) is 1.13. The highest BCUT2D eigenvalue weighted by Gasteiger charge is 2.04. The zero-order valence-electron chi connectivity index (χ0n) is 10.5. The van der Waals surface area contributed by atoms with Crippen LogP contribution in [0.2, 0.25) is 0 Å². The average molecular weight is 206 g/mol. The molecule has 1 rings (SSSR count). The SMILES string of the molecule is C=Cc1cn(C(C)C)nc1/C=C\C.CC. The first-order chi connectivity index (χ1) is 7.19. The van der Waals surface area contributed by atoms with Gasteiger partial charge in [0.2, 0.25) is 0 Å². The highest BCUT2D eigenvalue weighted by molar-refractivity contribution is 5.60. The van der Waals surface area contributed by atoms with E-state index in [1.54, 1.807) is 0 Å². The van der Waals surface area contributed by atoms with Gasteiger partial charge in [0.05, 0.1) is 5.69 Å². The van der Waals surface area contributed by atoms with Gasteiger partial charge in [0.25, 0.3) is 0 Å². The van der Waals surface area contributed by atoms with Crippen molar-refractivity contribution in [2.75, 3.05) is 0 Å². The van der Waals surface area contributed by atoms with Gasteiger partial charge in [-0.3, -0.25) is 4.68 Å². The zero-order chi connectivity index (χ0) is 11.8. The van der Waals surface area contributed by atoms with Crippen LogP contribution < -0.4 is 0 Å².